The van der Waals surface area contributed by atoms with Gasteiger partial charge in [0.2, 0.25) is 0 Å². The average molecular weight is 272 g/mol. The predicted octanol–water partition coefficient (Wildman–Crippen LogP) is 2.01. The summed E-state index contributed by atoms with van der Waals surface area (Å²) < 4.78 is 20.5. The summed E-state index contributed by atoms with van der Waals surface area (Å²) in [5.41, 5.74) is 0. The van der Waals surface area contributed by atoms with Gasteiger partial charge in [-0.2, -0.15) is 0 Å². The number of sulfone groups is 1. The van der Waals surface area contributed by atoms with Crippen molar-refractivity contribution in [3.05, 3.63) is 0 Å². The van der Waals surface area contributed by atoms with Crippen LogP contribution >= 0.6 is 46.4 Å². The lowest BCUT2D eigenvalue weighted by molar-refractivity contribution is 0.593. The monoisotopic (exact) mass is 270 g/mol. The molecule has 0 saturated carbocycles. The van der Waals surface area contributed by atoms with Gasteiger partial charge in [-0.25, -0.2) is 8.42 Å². The maximum atomic E-state index is 11.0. The van der Waals surface area contributed by atoms with E-state index in [2.05, 4.69) is 0 Å². The minimum absolute atomic E-state index is 0.104. The normalized spacial score (nSPS) is 35.3. The van der Waals surface area contributed by atoms with Gasteiger partial charge in [0.25, 0.3) is 0 Å². The SMILES string of the molecule is O=S1(=O)CC(Cl)C(C(Cl)(Cl)Cl)C1. The lowest BCUT2D eigenvalue weighted by Gasteiger charge is -2.20. The topological polar surface area (TPSA) is 34.1 Å². The van der Waals surface area contributed by atoms with Crippen molar-refractivity contribution in [1.82, 2.24) is 0 Å². The Morgan fingerprint density at radius 2 is 1.67 bits per heavy atom. The summed E-state index contributed by atoms with van der Waals surface area (Å²) in [6.07, 6.45) is 0. The van der Waals surface area contributed by atoms with Crippen molar-refractivity contribution in [2.24, 2.45) is 5.92 Å². The summed E-state index contributed by atoms with van der Waals surface area (Å²) >= 11 is 22.3. The number of alkyl halides is 4. The van der Waals surface area contributed by atoms with Crippen molar-refractivity contribution < 1.29 is 8.42 Å². The zero-order chi connectivity index (χ0) is 9.57. The molecule has 0 aromatic rings. The molecule has 1 heterocycles. The van der Waals surface area contributed by atoms with E-state index < -0.39 is 24.9 Å². The van der Waals surface area contributed by atoms with E-state index in [0.717, 1.165) is 0 Å². The van der Waals surface area contributed by atoms with Gasteiger partial charge >= 0.3 is 0 Å². The minimum Gasteiger partial charge on any atom is -0.229 e. The van der Waals surface area contributed by atoms with E-state index in [9.17, 15) is 8.42 Å². The Kier molecular flexibility index (Phi) is 3.13. The molecular weight excluding hydrogens is 266 g/mol. The standard InChI is InChI=1S/C5H6Cl4O2S/c6-4-2-12(10,11)1-3(4)5(7,8)9/h3-4H,1-2H2. The lowest BCUT2D eigenvalue weighted by atomic mass is 10.1. The highest BCUT2D eigenvalue weighted by Gasteiger charge is 2.47. The molecule has 0 aromatic heterocycles. The molecule has 0 spiro atoms. The van der Waals surface area contributed by atoms with Crippen molar-refractivity contribution in [2.45, 2.75) is 9.17 Å². The molecule has 0 N–H and O–H groups in total. The number of rotatable bonds is 0. The smallest absolute Gasteiger partial charge is 0.195 e. The number of halogens is 4. The van der Waals surface area contributed by atoms with Crippen molar-refractivity contribution in [2.75, 3.05) is 11.5 Å². The zero-order valence-corrected chi connectivity index (χ0v) is 9.65. The lowest BCUT2D eigenvalue weighted by Crippen LogP contribution is -2.26. The van der Waals surface area contributed by atoms with E-state index in [0.29, 0.717) is 0 Å². The van der Waals surface area contributed by atoms with E-state index >= 15 is 0 Å². The van der Waals surface area contributed by atoms with Gasteiger partial charge in [0.05, 0.1) is 16.9 Å². The Hall–Kier alpha value is 1.11. The number of hydrogen-bond acceptors (Lipinski definition) is 2. The zero-order valence-electron chi connectivity index (χ0n) is 5.81. The van der Waals surface area contributed by atoms with Gasteiger partial charge < -0.3 is 0 Å². The second kappa shape index (κ2) is 3.35. The molecule has 1 saturated heterocycles. The van der Waals surface area contributed by atoms with Gasteiger partial charge in [0.15, 0.2) is 13.6 Å². The highest BCUT2D eigenvalue weighted by atomic mass is 35.6. The molecule has 2 unspecified atom stereocenters. The molecule has 72 valence electrons. The van der Waals surface area contributed by atoms with Crippen LogP contribution < -0.4 is 0 Å². The third-order valence-electron chi connectivity index (χ3n) is 1.70. The van der Waals surface area contributed by atoms with Crippen LogP contribution in [0.1, 0.15) is 0 Å². The van der Waals surface area contributed by atoms with Crippen LogP contribution in [0, 0.1) is 5.92 Å². The molecule has 0 aromatic carbocycles. The molecular formula is C5H6Cl4O2S. The Bertz CT molecular complexity index is 268. The highest BCUT2D eigenvalue weighted by molar-refractivity contribution is 7.91. The van der Waals surface area contributed by atoms with Crippen LogP contribution in [-0.2, 0) is 9.84 Å². The molecule has 2 nitrogen and oxygen atoms in total. The van der Waals surface area contributed by atoms with E-state index in [-0.39, 0.29) is 11.5 Å². The Balaban J connectivity index is 2.85. The van der Waals surface area contributed by atoms with Crippen molar-refractivity contribution in [3.63, 3.8) is 0 Å². The second-order valence-electron chi connectivity index (χ2n) is 2.74. The van der Waals surface area contributed by atoms with E-state index in [1.54, 1.807) is 0 Å². The van der Waals surface area contributed by atoms with Gasteiger partial charge in [-0.3, -0.25) is 0 Å². The fourth-order valence-corrected chi connectivity index (χ4v) is 5.10. The predicted molar refractivity (Wildman–Crippen MR) is 52.1 cm³/mol. The fourth-order valence-electron chi connectivity index (χ4n) is 1.10. The van der Waals surface area contributed by atoms with Gasteiger partial charge in [0.1, 0.15) is 0 Å². The van der Waals surface area contributed by atoms with Gasteiger partial charge in [-0.15, -0.1) is 11.6 Å². The summed E-state index contributed by atoms with van der Waals surface area (Å²) in [5, 5.41) is -0.595. The van der Waals surface area contributed by atoms with Gasteiger partial charge in [-0.1, -0.05) is 34.8 Å². The first kappa shape index (κ1) is 11.2. The third kappa shape index (κ3) is 2.55. The molecule has 0 radical (unpaired) electrons. The summed E-state index contributed by atoms with van der Waals surface area (Å²) in [5.74, 6) is -0.848. The van der Waals surface area contributed by atoms with Crippen LogP contribution in [0.25, 0.3) is 0 Å². The van der Waals surface area contributed by atoms with Crippen molar-refractivity contribution in [3.8, 4) is 0 Å². The molecule has 0 aliphatic carbocycles. The Labute approximate surface area is 91.0 Å². The number of hydrogen-bond donors (Lipinski definition) is 0. The molecule has 7 heteroatoms. The van der Waals surface area contributed by atoms with Gasteiger partial charge in [-0.05, 0) is 0 Å². The Morgan fingerprint density at radius 1 is 1.17 bits per heavy atom. The van der Waals surface area contributed by atoms with Gasteiger partial charge in [0, 0.05) is 5.92 Å². The molecule has 1 aliphatic rings. The van der Waals surface area contributed by atoms with Crippen LogP contribution in [-0.4, -0.2) is 29.1 Å². The largest absolute Gasteiger partial charge is 0.229 e. The first-order valence-corrected chi connectivity index (χ1v) is 6.53. The van der Waals surface area contributed by atoms with Crippen LogP contribution in [0.2, 0.25) is 0 Å². The molecule has 1 rings (SSSR count). The summed E-state index contributed by atoms with van der Waals surface area (Å²) in [7, 11) is -3.11. The van der Waals surface area contributed by atoms with Crippen LogP contribution in [0.3, 0.4) is 0 Å². The van der Waals surface area contributed by atoms with Crippen LogP contribution in [0.4, 0.5) is 0 Å². The molecule has 1 fully saturated rings. The van der Waals surface area contributed by atoms with E-state index in [1.165, 1.54) is 0 Å². The molecule has 1 aliphatic heterocycles. The highest BCUT2D eigenvalue weighted by Crippen LogP contribution is 2.42. The Morgan fingerprint density at radius 3 is 1.83 bits per heavy atom. The fraction of sp³-hybridized carbons (Fsp3) is 1.00. The van der Waals surface area contributed by atoms with Crippen LogP contribution in [0.5, 0.6) is 0 Å². The summed E-state index contributed by atoms with van der Waals surface area (Å²) in [6.45, 7) is 0. The van der Waals surface area contributed by atoms with Crippen molar-refractivity contribution in [1.29, 1.82) is 0 Å². The maximum absolute atomic E-state index is 11.0. The summed E-state index contributed by atoms with van der Waals surface area (Å²) in [6, 6.07) is 0. The first-order chi connectivity index (χ1) is 5.22. The molecule has 0 amide bonds. The average Bonchev–Trinajstić information content (AvgIpc) is 2.03. The molecule has 2 atom stereocenters. The third-order valence-corrected chi connectivity index (χ3v) is 4.92. The van der Waals surface area contributed by atoms with E-state index in [4.69, 9.17) is 46.4 Å². The maximum Gasteiger partial charge on any atom is 0.195 e. The van der Waals surface area contributed by atoms with Crippen LogP contribution in [0.15, 0.2) is 0 Å². The van der Waals surface area contributed by atoms with E-state index in [1.807, 2.05) is 0 Å². The minimum atomic E-state index is -3.11. The molecule has 0 bridgehead atoms. The molecule has 12 heavy (non-hydrogen) atoms. The van der Waals surface area contributed by atoms with Crippen molar-refractivity contribution >= 4 is 56.2 Å². The second-order valence-corrected chi connectivity index (χ2v) is 7.82. The first-order valence-electron chi connectivity index (χ1n) is 3.13. The quantitative estimate of drug-likeness (QED) is 0.632. The summed E-state index contributed by atoms with van der Waals surface area (Å²) in [4.78, 5) is 0.